The molecule has 2 heterocycles. The Balaban J connectivity index is 2.21. The normalized spacial score (nSPS) is 30.7. The number of nitrogens with one attached hydrogen (secondary N) is 1. The van der Waals surface area contributed by atoms with Gasteiger partial charge in [0, 0.05) is 12.3 Å². The molecule has 1 aliphatic heterocycles. The maximum Gasteiger partial charge on any atom is 0.330 e. The Kier molecular flexibility index (Phi) is 4.09. The molecule has 19 heavy (non-hydrogen) atoms. The van der Waals surface area contributed by atoms with Gasteiger partial charge in [-0.15, -0.1) is 0 Å². The number of nitrogens with zero attached hydrogens (tertiary/aromatic N) is 1. The third-order valence-electron chi connectivity index (χ3n) is 2.75. The molecule has 10 nitrogen and oxygen atoms in total. The SMILES string of the molecule is O=c1ccn([C@@H]2O[C@H](COOO)[C@@H](O)[C@H]2O)c(=O)[nH]1. The van der Waals surface area contributed by atoms with Gasteiger partial charge in [0.2, 0.25) is 0 Å². The van der Waals surface area contributed by atoms with Crippen molar-refractivity contribution in [3.8, 4) is 0 Å². The quantitative estimate of drug-likeness (QED) is 0.351. The standard InChI is InChI=1S/C9H12N2O8/c12-5-1-2-11(9(15)10-5)8-7(14)6(13)4(18-8)3-17-19-16/h1-2,4,6-8,13-14,16H,3H2,(H,10,12,15)/t4-,6-,7-,8-/m1/s1. The van der Waals surface area contributed by atoms with Gasteiger partial charge >= 0.3 is 5.69 Å². The molecule has 1 saturated heterocycles. The molecule has 0 spiro atoms. The third-order valence-corrected chi connectivity index (χ3v) is 2.75. The number of hydrogen-bond donors (Lipinski definition) is 4. The lowest BCUT2D eigenvalue weighted by Gasteiger charge is -2.16. The number of aliphatic hydroxyl groups excluding tert-OH is 2. The van der Waals surface area contributed by atoms with Crippen molar-refractivity contribution in [1.82, 2.24) is 9.55 Å². The number of hydrogen-bond acceptors (Lipinski definition) is 8. The molecule has 1 aliphatic rings. The summed E-state index contributed by atoms with van der Waals surface area (Å²) >= 11 is 0. The Labute approximate surface area is 105 Å². The predicted molar refractivity (Wildman–Crippen MR) is 56.9 cm³/mol. The molecule has 0 saturated carbocycles. The maximum absolute atomic E-state index is 11.5. The summed E-state index contributed by atoms with van der Waals surface area (Å²) in [7, 11) is 0. The summed E-state index contributed by atoms with van der Waals surface area (Å²) in [5, 5.41) is 30.9. The molecule has 1 aromatic rings. The van der Waals surface area contributed by atoms with Crippen LogP contribution in [0.1, 0.15) is 6.23 Å². The molecular weight excluding hydrogens is 264 g/mol. The molecule has 4 atom stereocenters. The van der Waals surface area contributed by atoms with Crippen molar-refractivity contribution in [2.45, 2.75) is 24.5 Å². The van der Waals surface area contributed by atoms with E-state index in [2.05, 4.69) is 9.93 Å². The zero-order valence-electron chi connectivity index (χ0n) is 9.50. The fraction of sp³-hybridized carbons (Fsp3) is 0.556. The van der Waals surface area contributed by atoms with Crippen LogP contribution in [0.5, 0.6) is 0 Å². The molecule has 0 amide bonds. The van der Waals surface area contributed by atoms with E-state index in [1.165, 1.54) is 0 Å². The van der Waals surface area contributed by atoms with E-state index in [1.54, 1.807) is 0 Å². The third kappa shape index (κ3) is 2.73. The molecule has 0 radical (unpaired) electrons. The van der Waals surface area contributed by atoms with Crippen molar-refractivity contribution < 1.29 is 30.1 Å². The van der Waals surface area contributed by atoms with Gasteiger partial charge in [-0.3, -0.25) is 14.3 Å². The van der Waals surface area contributed by atoms with Gasteiger partial charge in [0.15, 0.2) is 6.23 Å². The minimum Gasteiger partial charge on any atom is -0.387 e. The van der Waals surface area contributed by atoms with Crippen molar-refractivity contribution in [2.75, 3.05) is 6.61 Å². The number of H-pyrrole nitrogens is 1. The molecule has 0 aromatic carbocycles. The number of rotatable bonds is 4. The Morgan fingerprint density at radius 2 is 2.11 bits per heavy atom. The minimum atomic E-state index is -1.41. The summed E-state index contributed by atoms with van der Waals surface area (Å²) in [6.45, 7) is -0.358. The number of aliphatic hydroxyl groups is 2. The molecule has 0 bridgehead atoms. The van der Waals surface area contributed by atoms with E-state index < -0.39 is 35.8 Å². The summed E-state index contributed by atoms with van der Waals surface area (Å²) in [6, 6.07) is 1.07. The van der Waals surface area contributed by atoms with Crippen LogP contribution in [0.25, 0.3) is 0 Å². The van der Waals surface area contributed by atoms with Crippen molar-refractivity contribution >= 4 is 0 Å². The van der Waals surface area contributed by atoms with Crippen LogP contribution in [-0.4, -0.2) is 49.9 Å². The first-order valence-electron chi connectivity index (χ1n) is 5.30. The summed E-state index contributed by atoms with van der Waals surface area (Å²) in [4.78, 5) is 28.6. The molecule has 0 unspecified atom stereocenters. The molecule has 10 heteroatoms. The Bertz CT molecular complexity index is 540. The van der Waals surface area contributed by atoms with E-state index in [4.69, 9.17) is 9.99 Å². The largest absolute Gasteiger partial charge is 0.387 e. The fourth-order valence-electron chi connectivity index (χ4n) is 1.82. The first kappa shape index (κ1) is 13.9. The summed E-state index contributed by atoms with van der Waals surface area (Å²) in [5.41, 5.74) is -1.38. The predicted octanol–water partition coefficient (Wildman–Crippen LogP) is -2.42. The van der Waals surface area contributed by atoms with E-state index in [1.807, 2.05) is 4.98 Å². The van der Waals surface area contributed by atoms with E-state index in [9.17, 15) is 19.8 Å². The zero-order valence-corrected chi connectivity index (χ0v) is 9.50. The highest BCUT2D eigenvalue weighted by atomic mass is 17.5. The summed E-state index contributed by atoms with van der Waals surface area (Å²) < 4.78 is 6.15. The second-order valence-corrected chi connectivity index (χ2v) is 3.92. The molecule has 4 N–H and O–H groups in total. The smallest absolute Gasteiger partial charge is 0.330 e. The van der Waals surface area contributed by atoms with Crippen LogP contribution in [0.3, 0.4) is 0 Å². The molecular formula is C9H12N2O8. The molecule has 1 aromatic heterocycles. The van der Waals surface area contributed by atoms with Gasteiger partial charge in [-0.1, -0.05) is 5.04 Å². The second kappa shape index (κ2) is 5.61. The highest BCUT2D eigenvalue weighted by molar-refractivity contribution is 4.92. The zero-order chi connectivity index (χ0) is 14.0. The van der Waals surface area contributed by atoms with Gasteiger partial charge < -0.3 is 14.9 Å². The summed E-state index contributed by atoms with van der Waals surface area (Å²) in [6.07, 6.45) is -3.82. The van der Waals surface area contributed by atoms with Gasteiger partial charge in [-0.05, 0) is 0 Å². The molecule has 106 valence electrons. The van der Waals surface area contributed by atoms with Crippen molar-refractivity contribution in [1.29, 1.82) is 0 Å². The van der Waals surface area contributed by atoms with Crippen LogP contribution in [0, 0.1) is 0 Å². The highest BCUT2D eigenvalue weighted by Gasteiger charge is 2.44. The highest BCUT2D eigenvalue weighted by Crippen LogP contribution is 2.28. The van der Waals surface area contributed by atoms with Gasteiger partial charge in [-0.2, -0.15) is 0 Å². The first-order chi connectivity index (χ1) is 9.04. The van der Waals surface area contributed by atoms with Gasteiger partial charge in [0.25, 0.3) is 5.56 Å². The van der Waals surface area contributed by atoms with E-state index in [-0.39, 0.29) is 6.61 Å². The molecule has 2 rings (SSSR count). The van der Waals surface area contributed by atoms with Crippen LogP contribution in [0.2, 0.25) is 0 Å². The Morgan fingerprint density at radius 3 is 2.74 bits per heavy atom. The van der Waals surface area contributed by atoms with E-state index in [0.29, 0.717) is 0 Å². The van der Waals surface area contributed by atoms with Crippen LogP contribution in [0.15, 0.2) is 21.9 Å². The van der Waals surface area contributed by atoms with Crippen LogP contribution in [-0.2, 0) is 14.7 Å². The number of aromatic amines is 1. The van der Waals surface area contributed by atoms with Crippen molar-refractivity contribution in [3.63, 3.8) is 0 Å². The van der Waals surface area contributed by atoms with Crippen LogP contribution < -0.4 is 11.2 Å². The van der Waals surface area contributed by atoms with Crippen LogP contribution in [0.4, 0.5) is 0 Å². The average molecular weight is 276 g/mol. The van der Waals surface area contributed by atoms with Gasteiger partial charge in [-0.25, -0.2) is 14.9 Å². The molecule has 0 aliphatic carbocycles. The summed E-state index contributed by atoms with van der Waals surface area (Å²) in [5.74, 6) is 0. The number of ether oxygens (including phenoxy) is 1. The molecule has 1 fully saturated rings. The van der Waals surface area contributed by atoms with Crippen molar-refractivity contribution in [2.24, 2.45) is 0 Å². The van der Waals surface area contributed by atoms with Crippen molar-refractivity contribution in [3.05, 3.63) is 33.1 Å². The minimum absolute atomic E-state index is 0.358. The van der Waals surface area contributed by atoms with Crippen LogP contribution >= 0.6 is 0 Å². The fourth-order valence-corrected chi connectivity index (χ4v) is 1.82. The van der Waals surface area contributed by atoms with Gasteiger partial charge in [0.05, 0.1) is 0 Å². The van der Waals surface area contributed by atoms with E-state index in [0.717, 1.165) is 16.8 Å². The lowest BCUT2D eigenvalue weighted by molar-refractivity contribution is -0.495. The number of aromatic nitrogens is 2. The lowest BCUT2D eigenvalue weighted by Crippen LogP contribution is -2.37. The first-order valence-corrected chi connectivity index (χ1v) is 5.30. The Morgan fingerprint density at radius 1 is 1.37 bits per heavy atom. The monoisotopic (exact) mass is 276 g/mol. The average Bonchev–Trinajstić information content (AvgIpc) is 2.64. The van der Waals surface area contributed by atoms with Gasteiger partial charge in [0.1, 0.15) is 24.9 Å². The second-order valence-electron chi connectivity index (χ2n) is 3.92. The Hall–Kier alpha value is -1.56. The maximum atomic E-state index is 11.5. The lowest BCUT2D eigenvalue weighted by atomic mass is 10.1. The topological polar surface area (TPSA) is 143 Å². The van der Waals surface area contributed by atoms with E-state index >= 15 is 0 Å².